The normalized spacial score (nSPS) is 26.1. The number of hydrogen-bond donors (Lipinski definition) is 1. The number of likely N-dealkylation sites (tertiary alicyclic amines) is 1. The lowest BCUT2D eigenvalue weighted by Crippen LogP contribution is -2.44. The minimum Gasteiger partial charge on any atom is -0.335 e. The molecule has 0 aromatic rings. The molecule has 0 saturated carbocycles. The van der Waals surface area contributed by atoms with E-state index < -0.39 is 0 Å². The van der Waals surface area contributed by atoms with Crippen LogP contribution < -0.4 is 5.32 Å². The lowest BCUT2D eigenvalue weighted by Gasteiger charge is -2.34. The van der Waals surface area contributed by atoms with Crippen molar-refractivity contribution in [3.63, 3.8) is 0 Å². The summed E-state index contributed by atoms with van der Waals surface area (Å²) in [6.45, 7) is 4.67. The molecule has 1 atom stereocenters. The van der Waals surface area contributed by atoms with Gasteiger partial charge in [0.25, 0.3) is 5.91 Å². The number of amides is 1. The van der Waals surface area contributed by atoms with Gasteiger partial charge in [-0.1, -0.05) is 6.08 Å². The summed E-state index contributed by atoms with van der Waals surface area (Å²) in [5, 5.41) is 12.3. The monoisotopic (exact) mass is 247 g/mol. The zero-order chi connectivity index (χ0) is 13.0. The van der Waals surface area contributed by atoms with Gasteiger partial charge in [0.05, 0.1) is 0 Å². The predicted octanol–water partition coefficient (Wildman–Crippen LogP) is 1.45. The molecule has 2 heterocycles. The van der Waals surface area contributed by atoms with Crippen LogP contribution in [0.1, 0.15) is 32.6 Å². The first-order valence-electron chi connectivity index (χ1n) is 6.86. The van der Waals surface area contributed by atoms with E-state index in [0.717, 1.165) is 45.3 Å². The van der Waals surface area contributed by atoms with Crippen molar-refractivity contribution in [2.75, 3.05) is 19.6 Å². The SMILES string of the molecule is C/C=C(\C#N)C(=O)N1CCCC1C1CCNCC1. The summed E-state index contributed by atoms with van der Waals surface area (Å²) in [5.74, 6) is 0.538. The van der Waals surface area contributed by atoms with Crippen molar-refractivity contribution in [3.8, 4) is 6.07 Å². The largest absolute Gasteiger partial charge is 0.335 e. The Kier molecular flexibility index (Phi) is 4.38. The minimum atomic E-state index is -0.0685. The lowest BCUT2D eigenvalue weighted by molar-refractivity contribution is -0.128. The molecule has 2 rings (SSSR count). The van der Waals surface area contributed by atoms with Gasteiger partial charge in [-0.2, -0.15) is 5.26 Å². The number of nitriles is 1. The van der Waals surface area contributed by atoms with Gasteiger partial charge in [0.2, 0.25) is 0 Å². The maximum absolute atomic E-state index is 12.3. The predicted molar refractivity (Wildman–Crippen MR) is 69.7 cm³/mol. The molecule has 1 amide bonds. The quantitative estimate of drug-likeness (QED) is 0.593. The van der Waals surface area contributed by atoms with Gasteiger partial charge in [0.15, 0.2) is 0 Å². The molecule has 2 saturated heterocycles. The number of rotatable bonds is 2. The molecule has 0 spiro atoms. The second-order valence-electron chi connectivity index (χ2n) is 5.11. The van der Waals surface area contributed by atoms with E-state index in [1.807, 2.05) is 11.0 Å². The van der Waals surface area contributed by atoms with Gasteiger partial charge in [-0.15, -0.1) is 0 Å². The molecule has 4 heteroatoms. The maximum atomic E-state index is 12.3. The topological polar surface area (TPSA) is 56.1 Å². The van der Waals surface area contributed by atoms with Gasteiger partial charge < -0.3 is 10.2 Å². The Hall–Kier alpha value is -1.34. The first-order chi connectivity index (χ1) is 8.77. The van der Waals surface area contributed by atoms with Crippen molar-refractivity contribution >= 4 is 5.91 Å². The van der Waals surface area contributed by atoms with Gasteiger partial charge in [-0.05, 0) is 51.6 Å². The molecule has 1 unspecified atom stereocenters. The van der Waals surface area contributed by atoms with E-state index in [9.17, 15) is 4.79 Å². The summed E-state index contributed by atoms with van der Waals surface area (Å²) < 4.78 is 0. The molecule has 0 bridgehead atoms. The van der Waals surface area contributed by atoms with Crippen LogP contribution in [0.4, 0.5) is 0 Å². The second kappa shape index (κ2) is 6.01. The molecule has 0 aromatic heterocycles. The smallest absolute Gasteiger partial charge is 0.264 e. The number of nitrogens with one attached hydrogen (secondary N) is 1. The Balaban J connectivity index is 2.07. The summed E-state index contributed by atoms with van der Waals surface area (Å²) in [4.78, 5) is 14.2. The van der Waals surface area contributed by atoms with E-state index in [1.165, 1.54) is 0 Å². The highest BCUT2D eigenvalue weighted by Crippen LogP contribution is 2.30. The molecule has 1 N–H and O–H groups in total. The summed E-state index contributed by atoms with van der Waals surface area (Å²) >= 11 is 0. The van der Waals surface area contributed by atoms with Gasteiger partial charge in [0.1, 0.15) is 11.6 Å². The number of piperidine rings is 1. The molecule has 4 nitrogen and oxygen atoms in total. The fourth-order valence-electron chi connectivity index (χ4n) is 3.15. The van der Waals surface area contributed by atoms with Crippen LogP contribution in [-0.2, 0) is 4.79 Å². The molecule has 0 aromatic carbocycles. The van der Waals surface area contributed by atoms with Crippen LogP contribution in [0.15, 0.2) is 11.6 Å². The summed E-state index contributed by atoms with van der Waals surface area (Å²) in [7, 11) is 0. The summed E-state index contributed by atoms with van der Waals surface area (Å²) in [6, 6.07) is 2.36. The zero-order valence-corrected chi connectivity index (χ0v) is 11.0. The van der Waals surface area contributed by atoms with E-state index in [4.69, 9.17) is 5.26 Å². The molecule has 2 aliphatic rings. The molecule has 0 radical (unpaired) electrons. The highest BCUT2D eigenvalue weighted by atomic mass is 16.2. The Labute approximate surface area is 109 Å². The third-order valence-electron chi connectivity index (χ3n) is 4.13. The summed E-state index contributed by atoms with van der Waals surface area (Å²) in [5.41, 5.74) is 0.288. The Morgan fingerprint density at radius 2 is 2.11 bits per heavy atom. The van der Waals surface area contributed by atoms with E-state index in [0.29, 0.717) is 12.0 Å². The fraction of sp³-hybridized carbons (Fsp3) is 0.714. The molecule has 98 valence electrons. The van der Waals surface area contributed by atoms with E-state index in [2.05, 4.69) is 5.32 Å². The fourth-order valence-corrected chi connectivity index (χ4v) is 3.15. The number of allylic oxidation sites excluding steroid dienone is 1. The lowest BCUT2D eigenvalue weighted by atomic mass is 9.88. The third kappa shape index (κ3) is 2.56. The van der Waals surface area contributed by atoms with Crippen molar-refractivity contribution in [3.05, 3.63) is 11.6 Å². The average molecular weight is 247 g/mol. The van der Waals surface area contributed by atoms with Crippen LogP contribution in [-0.4, -0.2) is 36.5 Å². The second-order valence-corrected chi connectivity index (χ2v) is 5.11. The van der Waals surface area contributed by atoms with Crippen LogP contribution in [0, 0.1) is 17.2 Å². The van der Waals surface area contributed by atoms with Crippen LogP contribution >= 0.6 is 0 Å². The molecule has 2 aliphatic heterocycles. The Morgan fingerprint density at radius 1 is 1.39 bits per heavy atom. The van der Waals surface area contributed by atoms with Gasteiger partial charge in [-0.25, -0.2) is 0 Å². The van der Waals surface area contributed by atoms with Crippen LogP contribution in [0.3, 0.4) is 0 Å². The van der Waals surface area contributed by atoms with Crippen molar-refractivity contribution in [2.24, 2.45) is 5.92 Å². The van der Waals surface area contributed by atoms with Gasteiger partial charge >= 0.3 is 0 Å². The van der Waals surface area contributed by atoms with Crippen LogP contribution in [0.25, 0.3) is 0 Å². The number of nitrogens with zero attached hydrogens (tertiary/aromatic N) is 2. The molecule has 18 heavy (non-hydrogen) atoms. The van der Waals surface area contributed by atoms with Crippen LogP contribution in [0.2, 0.25) is 0 Å². The highest BCUT2D eigenvalue weighted by molar-refractivity contribution is 5.97. The Morgan fingerprint density at radius 3 is 2.72 bits per heavy atom. The van der Waals surface area contributed by atoms with Crippen molar-refractivity contribution in [1.82, 2.24) is 10.2 Å². The first-order valence-corrected chi connectivity index (χ1v) is 6.86. The van der Waals surface area contributed by atoms with E-state index in [1.54, 1.807) is 13.0 Å². The Bertz CT molecular complexity index is 377. The van der Waals surface area contributed by atoms with E-state index in [-0.39, 0.29) is 11.5 Å². The molecular formula is C14H21N3O. The van der Waals surface area contributed by atoms with E-state index >= 15 is 0 Å². The van der Waals surface area contributed by atoms with Crippen molar-refractivity contribution in [2.45, 2.75) is 38.6 Å². The maximum Gasteiger partial charge on any atom is 0.264 e. The summed E-state index contributed by atoms with van der Waals surface area (Å²) in [6.07, 6.45) is 6.08. The number of carbonyl (C=O) groups is 1. The zero-order valence-electron chi connectivity index (χ0n) is 11.0. The third-order valence-corrected chi connectivity index (χ3v) is 4.13. The molecular weight excluding hydrogens is 226 g/mol. The molecule has 2 fully saturated rings. The number of hydrogen-bond acceptors (Lipinski definition) is 3. The van der Waals surface area contributed by atoms with Gasteiger partial charge in [-0.3, -0.25) is 4.79 Å². The standard InChI is InChI=1S/C14H21N3O/c1-2-11(10-15)14(18)17-9-3-4-13(17)12-5-7-16-8-6-12/h2,12-13,16H,3-9H2,1H3/b11-2+. The molecule has 0 aliphatic carbocycles. The van der Waals surface area contributed by atoms with Crippen molar-refractivity contribution in [1.29, 1.82) is 5.26 Å². The average Bonchev–Trinajstić information content (AvgIpc) is 2.90. The first kappa shape index (κ1) is 13.1. The minimum absolute atomic E-state index is 0.0685. The van der Waals surface area contributed by atoms with Crippen molar-refractivity contribution < 1.29 is 4.79 Å². The van der Waals surface area contributed by atoms with Crippen LogP contribution in [0.5, 0.6) is 0 Å². The van der Waals surface area contributed by atoms with Gasteiger partial charge in [0, 0.05) is 12.6 Å². The number of carbonyl (C=O) groups excluding carboxylic acids is 1. The highest BCUT2D eigenvalue weighted by Gasteiger charge is 2.35.